The van der Waals surface area contributed by atoms with Gasteiger partial charge in [0.1, 0.15) is 12.3 Å². The molecule has 12 heteroatoms. The average molecular weight is 427 g/mol. The number of halogens is 1. The molecule has 0 aliphatic carbocycles. The molecule has 29 heavy (non-hydrogen) atoms. The highest BCUT2D eigenvalue weighted by Gasteiger charge is 2.35. The van der Waals surface area contributed by atoms with Gasteiger partial charge in [0, 0.05) is 30.3 Å². The molecule has 1 amide bonds. The van der Waals surface area contributed by atoms with E-state index in [0.29, 0.717) is 5.56 Å². The second-order valence-corrected chi connectivity index (χ2v) is 7.93. The van der Waals surface area contributed by atoms with Crippen LogP contribution in [0.5, 0.6) is 0 Å². The number of carbonyl (C=O) groups is 1. The molecule has 2 heterocycles. The second kappa shape index (κ2) is 7.89. The largest absolute Gasteiger partial charge is 0.390 e. The van der Waals surface area contributed by atoms with Crippen molar-refractivity contribution < 1.29 is 26.9 Å². The van der Waals surface area contributed by atoms with Gasteiger partial charge < -0.3 is 15.2 Å². The molecule has 2 aromatic rings. The Morgan fingerprint density at radius 3 is 2.83 bits per heavy atom. The zero-order valence-corrected chi connectivity index (χ0v) is 16.0. The molecule has 3 rings (SSSR count). The van der Waals surface area contributed by atoms with E-state index in [4.69, 9.17) is 4.74 Å². The summed E-state index contributed by atoms with van der Waals surface area (Å²) in [4.78, 5) is 37.1. The molecule has 10 nitrogen and oxygen atoms in total. The van der Waals surface area contributed by atoms with Gasteiger partial charge in [-0.05, 0) is 25.1 Å². The Kier molecular flexibility index (Phi) is 5.68. The Morgan fingerprint density at radius 1 is 1.41 bits per heavy atom. The number of ether oxygens (including phenoxy) is 1. The van der Waals surface area contributed by atoms with Crippen LogP contribution in [-0.4, -0.2) is 47.7 Å². The number of hydrogen-bond donors (Lipinski definition) is 3. The number of aliphatic hydroxyl groups is 1. The first-order chi connectivity index (χ1) is 13.6. The Hall–Kier alpha value is -2.83. The number of hydrogen-bond acceptors (Lipinski definition) is 7. The minimum Gasteiger partial charge on any atom is -0.390 e. The van der Waals surface area contributed by atoms with Crippen LogP contribution in [0, 0.1) is 6.92 Å². The highest BCUT2D eigenvalue weighted by Crippen LogP contribution is 2.27. The number of aryl methyl sites for hydroxylation is 1. The normalized spacial score (nSPS) is 21.8. The van der Waals surface area contributed by atoms with Gasteiger partial charge in [0.05, 0.1) is 11.0 Å². The molecule has 1 aliphatic heterocycles. The van der Waals surface area contributed by atoms with Gasteiger partial charge in [0.2, 0.25) is 0 Å². The van der Waals surface area contributed by atoms with Crippen LogP contribution in [-0.2, 0) is 15.0 Å². The van der Waals surface area contributed by atoms with Crippen molar-refractivity contribution in [2.45, 2.75) is 36.7 Å². The van der Waals surface area contributed by atoms with Gasteiger partial charge in [-0.1, -0.05) is 6.07 Å². The predicted octanol–water partition coefficient (Wildman–Crippen LogP) is -0.418. The molecular weight excluding hydrogens is 409 g/mol. The van der Waals surface area contributed by atoms with Crippen LogP contribution in [0.25, 0.3) is 0 Å². The number of benzene rings is 1. The Labute approximate surface area is 164 Å². The number of amides is 1. The number of aliphatic hydroxyl groups excluding tert-OH is 1. The summed E-state index contributed by atoms with van der Waals surface area (Å²) in [7, 11) is -4.95. The van der Waals surface area contributed by atoms with Crippen molar-refractivity contribution in [3.05, 3.63) is 62.4 Å². The van der Waals surface area contributed by atoms with Crippen LogP contribution in [0.15, 0.2) is 44.9 Å². The molecule has 3 atom stereocenters. The van der Waals surface area contributed by atoms with Crippen LogP contribution in [0.2, 0.25) is 0 Å². The zero-order valence-electron chi connectivity index (χ0n) is 15.2. The molecule has 1 aromatic heterocycles. The van der Waals surface area contributed by atoms with Crippen molar-refractivity contribution in [3.8, 4) is 0 Å². The van der Waals surface area contributed by atoms with Gasteiger partial charge in [-0.3, -0.25) is 19.1 Å². The van der Waals surface area contributed by atoms with Crippen molar-refractivity contribution in [3.63, 3.8) is 0 Å². The molecule has 0 saturated carbocycles. The molecule has 1 aromatic carbocycles. The fourth-order valence-electron chi connectivity index (χ4n) is 2.95. The summed E-state index contributed by atoms with van der Waals surface area (Å²) < 4.78 is 41.8. The van der Waals surface area contributed by atoms with Crippen molar-refractivity contribution in [2.24, 2.45) is 0 Å². The zero-order chi connectivity index (χ0) is 21.3. The first-order valence-corrected chi connectivity index (χ1v) is 9.93. The van der Waals surface area contributed by atoms with E-state index in [1.807, 2.05) is 0 Å². The molecule has 156 valence electrons. The molecule has 0 bridgehead atoms. The Balaban J connectivity index is 1.68. The van der Waals surface area contributed by atoms with E-state index in [1.54, 1.807) is 0 Å². The van der Waals surface area contributed by atoms with Crippen LogP contribution < -0.4 is 16.6 Å². The monoisotopic (exact) mass is 427 g/mol. The van der Waals surface area contributed by atoms with Crippen molar-refractivity contribution in [2.75, 3.05) is 6.54 Å². The third kappa shape index (κ3) is 4.60. The molecular formula is C17H18FN3O7S. The highest BCUT2D eigenvalue weighted by molar-refractivity contribution is 7.86. The third-order valence-electron chi connectivity index (χ3n) is 4.50. The highest BCUT2D eigenvalue weighted by atomic mass is 32.3. The molecule has 0 radical (unpaired) electrons. The first-order valence-electron chi connectivity index (χ1n) is 8.55. The number of aromatic amines is 1. The smallest absolute Gasteiger partial charge is 0.332 e. The van der Waals surface area contributed by atoms with E-state index in [-0.39, 0.29) is 18.5 Å². The number of carbonyl (C=O) groups excluding carboxylic acids is 1. The number of aromatic nitrogens is 2. The quantitative estimate of drug-likeness (QED) is 0.549. The fourth-order valence-corrected chi connectivity index (χ4v) is 3.46. The lowest BCUT2D eigenvalue weighted by Crippen LogP contribution is -2.37. The van der Waals surface area contributed by atoms with Gasteiger partial charge in [0.15, 0.2) is 0 Å². The van der Waals surface area contributed by atoms with E-state index in [1.165, 1.54) is 25.3 Å². The third-order valence-corrected chi connectivity index (χ3v) is 5.32. The van der Waals surface area contributed by atoms with Crippen LogP contribution in [0.3, 0.4) is 0 Å². The maximum absolute atomic E-state index is 13.1. The lowest BCUT2D eigenvalue weighted by Gasteiger charge is -2.17. The molecule has 1 fully saturated rings. The summed E-state index contributed by atoms with van der Waals surface area (Å²) >= 11 is 0. The topological polar surface area (TPSA) is 148 Å². The molecule has 3 N–H and O–H groups in total. The number of nitrogens with one attached hydrogen (secondary N) is 2. The molecule has 0 spiro atoms. The van der Waals surface area contributed by atoms with Gasteiger partial charge in [-0.2, -0.15) is 8.42 Å². The van der Waals surface area contributed by atoms with Crippen molar-refractivity contribution in [1.29, 1.82) is 0 Å². The van der Waals surface area contributed by atoms with E-state index in [9.17, 15) is 31.8 Å². The standard InChI is InChI=1S/C17H18FN3O7S/c1-9-8-21(17(25)20-15(9)23)14-6-12(22)13(28-14)7-19-16(24)10-3-2-4-11(5-10)29(18,26)27/h2-5,8,12-14,22H,6-7H2,1H3,(H,19,24)(H,20,23,25). The van der Waals surface area contributed by atoms with Gasteiger partial charge in [-0.25, -0.2) is 4.79 Å². The van der Waals surface area contributed by atoms with Crippen LogP contribution in [0.1, 0.15) is 28.6 Å². The van der Waals surface area contributed by atoms with Crippen molar-refractivity contribution in [1.82, 2.24) is 14.9 Å². The molecule has 1 aliphatic rings. The summed E-state index contributed by atoms with van der Waals surface area (Å²) in [5.41, 5.74) is -1.000. The lowest BCUT2D eigenvalue weighted by atomic mass is 10.1. The number of H-pyrrole nitrogens is 1. The number of rotatable bonds is 5. The average Bonchev–Trinajstić information content (AvgIpc) is 3.02. The Bertz CT molecular complexity index is 1160. The fraction of sp³-hybridized carbons (Fsp3) is 0.353. The summed E-state index contributed by atoms with van der Waals surface area (Å²) in [6.07, 6.45) is -1.31. The lowest BCUT2D eigenvalue weighted by molar-refractivity contribution is -0.0187. The van der Waals surface area contributed by atoms with E-state index in [2.05, 4.69) is 10.3 Å². The minimum atomic E-state index is -4.95. The maximum atomic E-state index is 13.1. The molecule has 1 saturated heterocycles. The summed E-state index contributed by atoms with van der Waals surface area (Å²) in [5, 5.41) is 12.6. The molecule has 3 unspecified atom stereocenters. The van der Waals surface area contributed by atoms with Gasteiger partial charge in [-0.15, -0.1) is 3.89 Å². The van der Waals surface area contributed by atoms with Crippen molar-refractivity contribution >= 4 is 16.1 Å². The Morgan fingerprint density at radius 2 is 2.14 bits per heavy atom. The summed E-state index contributed by atoms with van der Waals surface area (Å²) in [6.45, 7) is 1.38. The minimum absolute atomic E-state index is 0.0571. The van der Waals surface area contributed by atoms with Crippen LogP contribution >= 0.6 is 0 Å². The summed E-state index contributed by atoms with van der Waals surface area (Å²) in [6, 6.07) is 4.44. The summed E-state index contributed by atoms with van der Waals surface area (Å²) in [5.74, 6) is -0.688. The van der Waals surface area contributed by atoms with E-state index >= 15 is 0 Å². The van der Waals surface area contributed by atoms with Gasteiger partial charge >= 0.3 is 15.9 Å². The van der Waals surface area contributed by atoms with E-state index in [0.717, 1.165) is 16.7 Å². The van der Waals surface area contributed by atoms with Gasteiger partial charge in [0.25, 0.3) is 11.5 Å². The number of nitrogens with zero attached hydrogens (tertiary/aromatic N) is 1. The first kappa shape index (κ1) is 20.9. The second-order valence-electron chi connectivity index (χ2n) is 6.59. The van der Waals surface area contributed by atoms with E-state index < -0.39 is 50.7 Å². The van der Waals surface area contributed by atoms with Crippen LogP contribution in [0.4, 0.5) is 3.89 Å². The maximum Gasteiger partial charge on any atom is 0.332 e. The SMILES string of the molecule is Cc1cn(C2CC(O)C(CNC(=O)c3cccc(S(=O)(=O)F)c3)O2)c(=O)[nH]c1=O. The predicted molar refractivity (Wildman–Crippen MR) is 97.7 cm³/mol.